The molecule has 1 aliphatic rings. The zero-order valence-electron chi connectivity index (χ0n) is 17.6. The maximum atomic E-state index is 13.5. The Balaban J connectivity index is 1.76. The number of nitrogens with zero attached hydrogens (tertiary/aromatic N) is 1. The first-order valence-corrected chi connectivity index (χ1v) is 10.9. The van der Waals surface area contributed by atoms with Crippen molar-refractivity contribution in [3.63, 3.8) is 0 Å². The summed E-state index contributed by atoms with van der Waals surface area (Å²) in [7, 11) is 1.53. The van der Waals surface area contributed by atoms with Gasteiger partial charge in [-0.3, -0.25) is 9.59 Å². The second kappa shape index (κ2) is 9.18. The lowest BCUT2D eigenvalue weighted by Gasteiger charge is -2.26. The second-order valence-electron chi connectivity index (χ2n) is 7.28. The van der Waals surface area contributed by atoms with E-state index in [1.54, 1.807) is 36.4 Å². The molecule has 3 aromatic rings. The van der Waals surface area contributed by atoms with E-state index in [0.29, 0.717) is 23.5 Å². The van der Waals surface area contributed by atoms with Crippen LogP contribution in [0.25, 0.3) is 11.0 Å². The molecule has 1 unspecified atom stereocenters. The second-order valence-corrected chi connectivity index (χ2v) is 8.20. The molecule has 1 aromatic heterocycles. The summed E-state index contributed by atoms with van der Waals surface area (Å²) in [6.07, 6.45) is 0. The summed E-state index contributed by atoms with van der Waals surface area (Å²) in [5.74, 6) is -1.01. The first-order chi connectivity index (χ1) is 15.4. The van der Waals surface area contributed by atoms with Crippen molar-refractivity contribution < 1.29 is 28.6 Å². The minimum atomic E-state index is -0.777. The van der Waals surface area contributed by atoms with Gasteiger partial charge in [-0.2, -0.15) is 0 Å². The van der Waals surface area contributed by atoms with Gasteiger partial charge >= 0.3 is 0 Å². The van der Waals surface area contributed by atoms with Crippen LogP contribution in [-0.4, -0.2) is 48.6 Å². The number of ketones is 1. The molecule has 0 saturated carbocycles. The Labute approximate surface area is 193 Å². The Morgan fingerprint density at radius 3 is 2.62 bits per heavy atom. The van der Waals surface area contributed by atoms with Gasteiger partial charge < -0.3 is 23.9 Å². The fourth-order valence-electron chi connectivity index (χ4n) is 3.82. The van der Waals surface area contributed by atoms with E-state index in [2.05, 4.69) is 15.9 Å². The Bertz CT molecular complexity index is 1200. The number of aliphatic hydroxyl groups is 1. The first kappa shape index (κ1) is 22.1. The number of hydrogen-bond acceptors (Lipinski definition) is 6. The van der Waals surface area contributed by atoms with Gasteiger partial charge in [0.1, 0.15) is 11.3 Å². The normalized spacial score (nSPS) is 16.3. The third-order valence-corrected chi connectivity index (χ3v) is 5.79. The van der Waals surface area contributed by atoms with Crippen LogP contribution in [0.5, 0.6) is 5.75 Å². The van der Waals surface area contributed by atoms with Gasteiger partial charge in [0.05, 0.1) is 24.8 Å². The maximum absolute atomic E-state index is 13.5. The van der Waals surface area contributed by atoms with Gasteiger partial charge in [-0.25, -0.2) is 0 Å². The summed E-state index contributed by atoms with van der Waals surface area (Å²) in [6.45, 7) is 2.88. The fraction of sp³-hybridized carbons (Fsp3) is 0.250. The van der Waals surface area contributed by atoms with Crippen molar-refractivity contribution in [1.29, 1.82) is 0 Å². The van der Waals surface area contributed by atoms with Gasteiger partial charge in [0.2, 0.25) is 5.78 Å². The lowest BCUT2D eigenvalue weighted by molar-refractivity contribution is -0.130. The number of furan rings is 1. The summed E-state index contributed by atoms with van der Waals surface area (Å²) < 4.78 is 17.2. The molecule has 166 valence electrons. The van der Waals surface area contributed by atoms with E-state index in [1.807, 2.05) is 19.1 Å². The van der Waals surface area contributed by atoms with Crippen LogP contribution in [0.3, 0.4) is 0 Å². The van der Waals surface area contributed by atoms with Crippen LogP contribution in [0.1, 0.15) is 29.1 Å². The van der Waals surface area contributed by atoms with E-state index in [1.165, 1.54) is 12.0 Å². The van der Waals surface area contributed by atoms with Crippen molar-refractivity contribution in [2.24, 2.45) is 0 Å². The number of benzene rings is 2. The smallest absolute Gasteiger partial charge is 0.290 e. The molecule has 0 saturated heterocycles. The molecule has 1 aliphatic heterocycles. The van der Waals surface area contributed by atoms with Crippen molar-refractivity contribution in [3.8, 4) is 5.75 Å². The van der Waals surface area contributed by atoms with Crippen LogP contribution in [0, 0.1) is 0 Å². The zero-order chi connectivity index (χ0) is 22.8. The van der Waals surface area contributed by atoms with E-state index >= 15 is 0 Å². The quantitative estimate of drug-likeness (QED) is 0.447. The van der Waals surface area contributed by atoms with Crippen molar-refractivity contribution in [2.45, 2.75) is 13.0 Å². The Kier molecular flexibility index (Phi) is 6.34. The zero-order valence-corrected chi connectivity index (χ0v) is 19.2. The minimum absolute atomic E-state index is 0.0200. The molecule has 2 heterocycles. The summed E-state index contributed by atoms with van der Waals surface area (Å²) in [5, 5.41) is 11.4. The number of fused-ring (bicyclic) bond motifs is 1. The molecule has 0 radical (unpaired) electrons. The first-order valence-electron chi connectivity index (χ1n) is 10.1. The number of methoxy groups -OCH3 is 1. The lowest BCUT2D eigenvalue weighted by atomic mass is 9.95. The highest BCUT2D eigenvalue weighted by molar-refractivity contribution is 9.10. The average Bonchev–Trinajstić information content (AvgIpc) is 3.31. The number of aliphatic hydroxyl groups excluding tert-OH is 1. The third kappa shape index (κ3) is 4.03. The van der Waals surface area contributed by atoms with Crippen molar-refractivity contribution in [3.05, 3.63) is 75.7 Å². The standard InChI is InChI=1S/C24H22BrNO6/c1-3-31-17-7-4-14(5-8-17)21-20(23(28)24(29)26(21)10-11-30-2)22(27)19-13-15-12-16(25)6-9-18(15)32-19/h4-9,12-13,21,28H,3,10-11H2,1-2H3. The van der Waals surface area contributed by atoms with Gasteiger partial charge in [-0.15, -0.1) is 0 Å². The molecule has 0 spiro atoms. The largest absolute Gasteiger partial charge is 0.503 e. The van der Waals surface area contributed by atoms with Crippen LogP contribution in [0.4, 0.5) is 0 Å². The molecule has 0 aliphatic carbocycles. The van der Waals surface area contributed by atoms with Crippen LogP contribution in [-0.2, 0) is 9.53 Å². The molecule has 7 nitrogen and oxygen atoms in total. The summed E-state index contributed by atoms with van der Waals surface area (Å²) in [6, 6.07) is 13.3. The molecular formula is C24H22BrNO6. The number of ether oxygens (including phenoxy) is 2. The van der Waals surface area contributed by atoms with Crippen LogP contribution in [0.2, 0.25) is 0 Å². The lowest BCUT2D eigenvalue weighted by Crippen LogP contribution is -2.34. The number of halogens is 1. The highest BCUT2D eigenvalue weighted by Gasteiger charge is 2.44. The van der Waals surface area contributed by atoms with Gasteiger partial charge in [-0.1, -0.05) is 28.1 Å². The number of amides is 1. The van der Waals surface area contributed by atoms with Gasteiger partial charge in [0, 0.05) is 23.5 Å². The van der Waals surface area contributed by atoms with Gasteiger partial charge in [0.15, 0.2) is 11.5 Å². The van der Waals surface area contributed by atoms with Crippen molar-refractivity contribution in [1.82, 2.24) is 4.90 Å². The summed E-state index contributed by atoms with van der Waals surface area (Å²) in [5.41, 5.74) is 1.19. The highest BCUT2D eigenvalue weighted by atomic mass is 79.9. The Morgan fingerprint density at radius 2 is 1.94 bits per heavy atom. The van der Waals surface area contributed by atoms with Crippen molar-refractivity contribution >= 4 is 38.6 Å². The summed E-state index contributed by atoms with van der Waals surface area (Å²) >= 11 is 3.40. The minimum Gasteiger partial charge on any atom is -0.503 e. The van der Waals surface area contributed by atoms with Crippen molar-refractivity contribution in [2.75, 3.05) is 26.9 Å². The molecule has 1 N–H and O–H groups in total. The molecule has 2 aromatic carbocycles. The predicted molar refractivity (Wildman–Crippen MR) is 122 cm³/mol. The van der Waals surface area contributed by atoms with E-state index in [4.69, 9.17) is 13.9 Å². The molecular weight excluding hydrogens is 478 g/mol. The molecule has 1 atom stereocenters. The SMILES string of the molecule is CCOc1ccc(C2C(C(=O)c3cc4cc(Br)ccc4o3)=C(O)C(=O)N2CCOC)cc1. The number of Topliss-reactive ketones (excluding diaryl/α,β-unsaturated/α-hetero) is 1. The number of hydrogen-bond donors (Lipinski definition) is 1. The fourth-order valence-corrected chi connectivity index (χ4v) is 4.20. The van der Waals surface area contributed by atoms with E-state index in [9.17, 15) is 14.7 Å². The summed E-state index contributed by atoms with van der Waals surface area (Å²) in [4.78, 5) is 27.8. The van der Waals surface area contributed by atoms with E-state index in [-0.39, 0.29) is 24.5 Å². The average molecular weight is 500 g/mol. The molecule has 8 heteroatoms. The molecule has 0 bridgehead atoms. The highest BCUT2D eigenvalue weighted by Crippen LogP contribution is 2.40. The molecule has 4 rings (SSSR count). The number of carbonyl (C=O) groups is 2. The maximum Gasteiger partial charge on any atom is 0.290 e. The third-order valence-electron chi connectivity index (χ3n) is 5.29. The van der Waals surface area contributed by atoms with E-state index < -0.39 is 23.5 Å². The monoisotopic (exact) mass is 499 g/mol. The van der Waals surface area contributed by atoms with Gasteiger partial charge in [-0.05, 0) is 48.9 Å². The number of rotatable bonds is 8. The van der Waals surface area contributed by atoms with E-state index in [0.717, 1.165) is 9.86 Å². The van der Waals surface area contributed by atoms with Crippen LogP contribution >= 0.6 is 15.9 Å². The molecule has 32 heavy (non-hydrogen) atoms. The van der Waals surface area contributed by atoms with Gasteiger partial charge in [0.25, 0.3) is 5.91 Å². The Hall–Kier alpha value is -3.10. The Morgan fingerprint density at radius 1 is 1.19 bits per heavy atom. The predicted octanol–water partition coefficient (Wildman–Crippen LogP) is 4.82. The van der Waals surface area contributed by atoms with Crippen LogP contribution < -0.4 is 4.74 Å². The van der Waals surface area contributed by atoms with Crippen LogP contribution in [0.15, 0.2) is 68.8 Å². The number of carbonyl (C=O) groups excluding carboxylic acids is 2. The molecule has 1 amide bonds. The topological polar surface area (TPSA) is 89.2 Å². The molecule has 0 fully saturated rings.